The number of hydrogen-bond acceptors (Lipinski definition) is 10. The number of imidazole rings is 2. The van der Waals surface area contributed by atoms with E-state index in [0.29, 0.717) is 66.7 Å². The number of urea groups is 2. The number of imide groups is 2. The molecule has 8 amide bonds. The number of β-amino-alcohol motifs (C(OH)–C–C–N with tert-alkyl or cyclic N) is 1. The first kappa shape index (κ1) is 56.7. The number of pyridine rings is 2. The largest absolute Gasteiger partial charge is 0.385 e. The van der Waals surface area contributed by atoms with E-state index in [2.05, 4.69) is 20.6 Å². The summed E-state index contributed by atoms with van der Waals surface area (Å²) in [5, 5.41) is 15.4. The van der Waals surface area contributed by atoms with Crippen molar-refractivity contribution < 1.29 is 65.0 Å². The first-order valence-corrected chi connectivity index (χ1v) is 28.6. The van der Waals surface area contributed by atoms with E-state index in [0.717, 1.165) is 5.56 Å². The SMILES string of the molecule is O=C1NC(=O)C(c2cnc3ccccn23)=C1c1cn2c3c(cc(F)cc13)CN(C(=O)N1CCC(F)(F)C(O)C1)CC2.O=C1NC(=O)C(c2cnc3ccccn23)=C1c1cn2c3c(cc(F)cc13)CN(C(=O)N1CCC(F)(F)C(OCc3ccccc3)C1)CC2. The Morgan fingerprint density at radius 3 is 1.52 bits per heavy atom. The van der Waals surface area contributed by atoms with Gasteiger partial charge in [-0.15, -0.1) is 0 Å². The zero-order valence-electron chi connectivity index (χ0n) is 47.0. The van der Waals surface area contributed by atoms with Gasteiger partial charge in [-0.3, -0.25) is 38.6 Å². The van der Waals surface area contributed by atoms with Gasteiger partial charge in [-0.25, -0.2) is 45.9 Å². The van der Waals surface area contributed by atoms with Crippen molar-refractivity contribution in [3.63, 3.8) is 0 Å². The van der Waals surface area contributed by atoms with Gasteiger partial charge in [0.2, 0.25) is 0 Å². The number of fused-ring (bicyclic) bond motifs is 2. The lowest BCUT2D eigenvalue weighted by molar-refractivity contribution is -0.171. The minimum atomic E-state index is -3.26. The Balaban J connectivity index is 0.000000158. The van der Waals surface area contributed by atoms with Crippen LogP contribution in [-0.4, -0.2) is 152 Å². The lowest BCUT2D eigenvalue weighted by Crippen LogP contribution is -2.56. The van der Waals surface area contributed by atoms with Crippen LogP contribution in [0.15, 0.2) is 128 Å². The van der Waals surface area contributed by atoms with Crippen molar-refractivity contribution in [2.24, 2.45) is 0 Å². The van der Waals surface area contributed by atoms with E-state index in [-0.39, 0.29) is 87.8 Å². The second-order valence-corrected chi connectivity index (χ2v) is 22.7. The molecule has 12 heterocycles. The lowest BCUT2D eigenvalue weighted by Gasteiger charge is -2.40. The summed E-state index contributed by atoms with van der Waals surface area (Å²) >= 11 is 0. The topological polar surface area (TPSA) is 213 Å². The quantitative estimate of drug-likeness (QED) is 0.106. The second-order valence-electron chi connectivity index (χ2n) is 22.7. The molecule has 3 N–H and O–H groups in total. The zero-order chi connectivity index (χ0) is 61.8. The molecule has 0 bridgehead atoms. The minimum absolute atomic E-state index is 0.00901. The van der Waals surface area contributed by atoms with E-state index in [1.807, 2.05) is 16.7 Å². The number of aromatic nitrogens is 6. The van der Waals surface area contributed by atoms with Crippen LogP contribution in [-0.2, 0) is 56.7 Å². The molecule has 0 spiro atoms. The molecule has 2 saturated heterocycles. The Kier molecular flexibility index (Phi) is 13.8. The molecule has 89 heavy (non-hydrogen) atoms. The maximum absolute atomic E-state index is 15.3. The highest BCUT2D eigenvalue weighted by Crippen LogP contribution is 2.42. The standard InChI is InChI=1S/C35H29F3N6O4.C28H23F3N6O4/c36-23-14-22-17-43(34(47)42-11-9-35(37,38)27(19-42)48-20-21-6-2-1-3-7-21)13-12-41-18-25(24(15-23)31(22)41)29-30(33(46)40-32(29)45)26-16-39-28-8-4-5-10-44(26)28;29-16-9-15-12-36(27(41)35-6-4-28(30,31)20(38)14-35)8-7-34-13-18(17(10-16)24(15)34)22-23(26(40)33-25(22)39)19-11-32-21-3-1-2-5-37(19)21/h1-8,10,14-16,18,27H,9,11-13,17,19-20H2,(H,40,45,46);1-3,5,9-11,13,20,38H,4,6-8,12,14H2,(H,33,39,40). The van der Waals surface area contributed by atoms with Gasteiger partial charge >= 0.3 is 12.1 Å². The van der Waals surface area contributed by atoms with E-state index in [1.165, 1.54) is 56.3 Å². The molecule has 2 unspecified atom stereocenters. The number of amides is 8. The number of halogens is 6. The number of ether oxygens (including phenoxy) is 1. The monoisotopic (exact) mass is 1220 g/mol. The van der Waals surface area contributed by atoms with Gasteiger partial charge in [0.25, 0.3) is 35.5 Å². The number of nitrogens with zero attached hydrogens (tertiary/aromatic N) is 10. The van der Waals surface area contributed by atoms with Gasteiger partial charge in [0.15, 0.2) is 0 Å². The molecular formula is C63H52F6N12O8. The maximum Gasteiger partial charge on any atom is 0.320 e. The highest BCUT2D eigenvalue weighted by molar-refractivity contribution is 6.50. The predicted molar refractivity (Wildman–Crippen MR) is 309 cm³/mol. The molecule has 0 saturated carbocycles. The van der Waals surface area contributed by atoms with Crippen LogP contribution in [0.1, 0.15) is 52.0 Å². The van der Waals surface area contributed by atoms with E-state index in [4.69, 9.17) is 4.74 Å². The minimum Gasteiger partial charge on any atom is -0.385 e. The number of alkyl halides is 4. The summed E-state index contributed by atoms with van der Waals surface area (Å²) < 4.78 is 100. The fourth-order valence-corrected chi connectivity index (χ4v) is 12.9. The number of aliphatic hydroxyl groups excluding tert-OH is 1. The van der Waals surface area contributed by atoms with Crippen LogP contribution in [0, 0.1) is 11.6 Å². The van der Waals surface area contributed by atoms with Crippen LogP contribution >= 0.6 is 0 Å². The third-order valence-electron chi connectivity index (χ3n) is 17.3. The van der Waals surface area contributed by atoms with Crippen molar-refractivity contribution in [2.75, 3.05) is 39.3 Å². The van der Waals surface area contributed by atoms with Gasteiger partial charge in [-0.1, -0.05) is 42.5 Å². The zero-order valence-corrected chi connectivity index (χ0v) is 47.0. The number of carbonyl (C=O) groups is 6. The average molecular weight is 1220 g/mol. The molecule has 6 aliphatic rings. The van der Waals surface area contributed by atoms with Gasteiger partial charge in [0.05, 0.1) is 76.8 Å². The number of rotatable bonds is 7. The summed E-state index contributed by atoms with van der Waals surface area (Å²) in [4.78, 5) is 93.9. The summed E-state index contributed by atoms with van der Waals surface area (Å²) in [5.74, 6) is -9.94. The molecule has 0 radical (unpaired) electrons. The summed E-state index contributed by atoms with van der Waals surface area (Å²) in [6, 6.07) is 24.0. The smallest absolute Gasteiger partial charge is 0.320 e. The molecule has 9 aromatic rings. The van der Waals surface area contributed by atoms with Crippen molar-refractivity contribution in [1.82, 2.24) is 58.1 Å². The van der Waals surface area contributed by atoms with Crippen molar-refractivity contribution >= 4 is 91.1 Å². The molecule has 6 aliphatic heterocycles. The van der Waals surface area contributed by atoms with Gasteiger partial charge in [-0.2, -0.15) is 0 Å². The Labute approximate surface area is 500 Å². The molecule has 15 rings (SSSR count). The molecular weight excluding hydrogens is 1170 g/mol. The molecule has 454 valence electrons. The summed E-state index contributed by atoms with van der Waals surface area (Å²) in [6.07, 6.45) is 5.25. The number of nitrogens with one attached hydrogen (secondary N) is 2. The van der Waals surface area contributed by atoms with Crippen LogP contribution in [0.5, 0.6) is 0 Å². The van der Waals surface area contributed by atoms with Crippen LogP contribution in [0.25, 0.3) is 55.4 Å². The number of piperidine rings is 2. The Morgan fingerprint density at radius 1 is 0.562 bits per heavy atom. The van der Waals surface area contributed by atoms with E-state index in [9.17, 15) is 51.4 Å². The van der Waals surface area contributed by atoms with Gasteiger partial charge in [0, 0.05) is 112 Å². The number of benzene rings is 3. The first-order chi connectivity index (χ1) is 42.8. The normalized spacial score (nSPS) is 20.0. The van der Waals surface area contributed by atoms with Crippen molar-refractivity contribution in [3.8, 4) is 0 Å². The third kappa shape index (κ3) is 9.91. The van der Waals surface area contributed by atoms with Crippen molar-refractivity contribution in [2.45, 2.75) is 69.7 Å². The van der Waals surface area contributed by atoms with Crippen molar-refractivity contribution in [1.29, 1.82) is 0 Å². The molecule has 3 aromatic carbocycles. The van der Waals surface area contributed by atoms with Gasteiger partial charge < -0.3 is 38.6 Å². The number of carbonyl (C=O) groups excluding carboxylic acids is 6. The van der Waals surface area contributed by atoms with Crippen LogP contribution in [0.3, 0.4) is 0 Å². The number of hydrogen-bond donors (Lipinski definition) is 3. The first-order valence-electron chi connectivity index (χ1n) is 28.6. The second kappa shape index (κ2) is 21.7. The highest BCUT2D eigenvalue weighted by Gasteiger charge is 2.48. The van der Waals surface area contributed by atoms with Gasteiger partial charge in [-0.05, 0) is 65.2 Å². The lowest BCUT2D eigenvalue weighted by atomic mass is 9.98. The summed E-state index contributed by atoms with van der Waals surface area (Å²) in [5.41, 5.74) is 6.12. The predicted octanol–water partition coefficient (Wildman–Crippen LogP) is 7.49. The molecule has 0 aliphatic carbocycles. The molecule has 2 fully saturated rings. The Bertz CT molecular complexity index is 4550. The molecule has 26 heteroatoms. The van der Waals surface area contributed by atoms with E-state index >= 15 is 8.78 Å². The third-order valence-corrected chi connectivity index (χ3v) is 17.3. The number of likely N-dealkylation sites (tertiary alicyclic amines) is 2. The molecule has 2 atom stereocenters. The van der Waals surface area contributed by atoms with Crippen LogP contribution < -0.4 is 10.6 Å². The van der Waals surface area contributed by atoms with Gasteiger partial charge in [0.1, 0.15) is 35.1 Å². The van der Waals surface area contributed by atoms with E-state index < -0.39 is 90.8 Å². The summed E-state index contributed by atoms with van der Waals surface area (Å²) in [7, 11) is 0. The summed E-state index contributed by atoms with van der Waals surface area (Å²) in [6.45, 7) is -0.222. The van der Waals surface area contributed by atoms with E-state index in [1.54, 1.807) is 92.8 Å². The Morgan fingerprint density at radius 2 is 1.02 bits per heavy atom. The molecule has 20 nitrogen and oxygen atoms in total. The van der Waals surface area contributed by atoms with Crippen LogP contribution in [0.4, 0.5) is 35.9 Å². The Hall–Kier alpha value is -10.1. The van der Waals surface area contributed by atoms with Crippen molar-refractivity contribution in [3.05, 3.63) is 179 Å². The van der Waals surface area contributed by atoms with Crippen LogP contribution in [0.2, 0.25) is 0 Å². The highest BCUT2D eigenvalue weighted by atomic mass is 19.3. The maximum atomic E-state index is 15.3. The average Bonchev–Trinajstić information content (AvgIpc) is 1.67. The fraction of sp³-hybridized carbons (Fsp3) is 0.270. The molecule has 6 aromatic heterocycles. The fourth-order valence-electron chi connectivity index (χ4n) is 12.9. The number of aliphatic hydroxyl groups is 1.